The molecule has 1 aliphatic carbocycles. The number of anilines is 2. The summed E-state index contributed by atoms with van der Waals surface area (Å²) in [5, 5.41) is 12.6. The molecule has 7 nitrogen and oxygen atoms in total. The largest absolute Gasteiger partial charge is 0.359 e. The number of rotatable bonds is 5. The van der Waals surface area contributed by atoms with Gasteiger partial charge in [-0.25, -0.2) is 4.98 Å². The van der Waals surface area contributed by atoms with Gasteiger partial charge in [0.05, 0.1) is 6.20 Å². The molecule has 1 fully saturated rings. The van der Waals surface area contributed by atoms with Crippen LogP contribution in [0.4, 0.5) is 11.6 Å². The molecule has 0 unspecified atom stereocenters. The number of nitrogens with one attached hydrogen (secondary N) is 2. The highest BCUT2D eigenvalue weighted by Crippen LogP contribution is 2.30. The Morgan fingerprint density at radius 2 is 2.40 bits per heavy atom. The van der Waals surface area contributed by atoms with Crippen molar-refractivity contribution in [2.24, 2.45) is 5.92 Å². The normalized spacial score (nSPS) is 14.1. The second-order valence-corrected chi connectivity index (χ2v) is 5.04. The maximum Gasteiger partial charge on any atom is 0.257 e. The number of H-pyrrole nitrogens is 1. The Balaban J connectivity index is 1.71. The van der Waals surface area contributed by atoms with E-state index in [1.807, 2.05) is 7.05 Å². The summed E-state index contributed by atoms with van der Waals surface area (Å²) in [7, 11) is 2.00. The van der Waals surface area contributed by atoms with Crippen molar-refractivity contribution in [2.75, 3.05) is 23.8 Å². The van der Waals surface area contributed by atoms with Crippen LogP contribution in [0.25, 0.3) is 0 Å². The van der Waals surface area contributed by atoms with Gasteiger partial charge >= 0.3 is 0 Å². The van der Waals surface area contributed by atoms with E-state index in [1.54, 1.807) is 18.3 Å². The van der Waals surface area contributed by atoms with Crippen LogP contribution in [-0.2, 0) is 0 Å². The number of amides is 1. The Morgan fingerprint density at radius 1 is 1.55 bits per heavy atom. The molecular formula is C13H16N6O. The van der Waals surface area contributed by atoms with E-state index in [1.165, 1.54) is 19.0 Å². The topological polar surface area (TPSA) is 86.8 Å². The highest BCUT2D eigenvalue weighted by Gasteiger charge is 2.23. The predicted molar refractivity (Wildman–Crippen MR) is 74.6 cm³/mol. The van der Waals surface area contributed by atoms with Crippen LogP contribution in [0, 0.1) is 5.92 Å². The molecule has 0 bridgehead atoms. The zero-order chi connectivity index (χ0) is 13.9. The molecule has 0 radical (unpaired) electrons. The monoisotopic (exact) mass is 272 g/mol. The van der Waals surface area contributed by atoms with E-state index in [0.717, 1.165) is 18.3 Å². The lowest BCUT2D eigenvalue weighted by Crippen LogP contribution is -2.22. The van der Waals surface area contributed by atoms with Crippen molar-refractivity contribution in [3.8, 4) is 0 Å². The van der Waals surface area contributed by atoms with Gasteiger partial charge in [-0.3, -0.25) is 4.79 Å². The lowest BCUT2D eigenvalue weighted by atomic mass is 10.2. The van der Waals surface area contributed by atoms with Gasteiger partial charge in [0.2, 0.25) is 0 Å². The van der Waals surface area contributed by atoms with Gasteiger partial charge in [-0.05, 0) is 30.9 Å². The smallest absolute Gasteiger partial charge is 0.257 e. The van der Waals surface area contributed by atoms with Gasteiger partial charge in [-0.1, -0.05) is 0 Å². The third kappa shape index (κ3) is 2.93. The Labute approximate surface area is 116 Å². The summed E-state index contributed by atoms with van der Waals surface area (Å²) in [6.45, 7) is 0.987. The van der Waals surface area contributed by atoms with Gasteiger partial charge < -0.3 is 10.2 Å². The van der Waals surface area contributed by atoms with E-state index >= 15 is 0 Å². The highest BCUT2D eigenvalue weighted by atomic mass is 16.1. The van der Waals surface area contributed by atoms with Crippen LogP contribution in [0.2, 0.25) is 0 Å². The molecule has 0 aliphatic heterocycles. The van der Waals surface area contributed by atoms with E-state index in [-0.39, 0.29) is 5.91 Å². The summed E-state index contributed by atoms with van der Waals surface area (Å²) in [6, 6.07) is 3.47. The minimum atomic E-state index is -0.220. The molecule has 1 amide bonds. The standard InChI is InChI=1S/C13H16N6O/c1-19(8-9-2-3-9)12-6-10(4-5-14-12)13(20)16-11-7-15-18-17-11/h4-7,9H,2-3,8H2,1H3,(H2,15,16,17,18,20). The molecule has 0 aromatic carbocycles. The number of carbonyl (C=O) groups is 1. The molecule has 0 atom stereocenters. The molecule has 0 saturated heterocycles. The minimum Gasteiger partial charge on any atom is -0.359 e. The fraction of sp³-hybridized carbons (Fsp3) is 0.385. The van der Waals surface area contributed by atoms with Crippen LogP contribution < -0.4 is 10.2 Å². The van der Waals surface area contributed by atoms with Crippen molar-refractivity contribution in [1.29, 1.82) is 0 Å². The van der Waals surface area contributed by atoms with Crippen molar-refractivity contribution >= 4 is 17.5 Å². The number of aromatic amines is 1. The lowest BCUT2D eigenvalue weighted by Gasteiger charge is -2.18. The molecule has 2 aromatic heterocycles. The van der Waals surface area contributed by atoms with E-state index < -0.39 is 0 Å². The molecule has 7 heteroatoms. The van der Waals surface area contributed by atoms with Gasteiger partial charge in [0.15, 0.2) is 5.82 Å². The van der Waals surface area contributed by atoms with Crippen LogP contribution in [0.15, 0.2) is 24.5 Å². The van der Waals surface area contributed by atoms with Crippen LogP contribution >= 0.6 is 0 Å². The summed E-state index contributed by atoms with van der Waals surface area (Å²) in [5.41, 5.74) is 0.556. The second kappa shape index (κ2) is 5.28. The molecule has 1 saturated carbocycles. The van der Waals surface area contributed by atoms with Crippen LogP contribution in [0.3, 0.4) is 0 Å². The molecule has 1 aliphatic rings. The molecule has 2 aromatic rings. The third-order valence-corrected chi connectivity index (χ3v) is 3.28. The van der Waals surface area contributed by atoms with Crippen LogP contribution in [-0.4, -0.2) is 39.9 Å². The summed E-state index contributed by atoms with van der Waals surface area (Å²) in [6.07, 6.45) is 5.68. The lowest BCUT2D eigenvalue weighted by molar-refractivity contribution is 0.102. The fourth-order valence-electron chi connectivity index (χ4n) is 2.00. The Bertz CT molecular complexity index is 593. The Kier molecular flexibility index (Phi) is 3.32. The summed E-state index contributed by atoms with van der Waals surface area (Å²) in [4.78, 5) is 18.5. The first kappa shape index (κ1) is 12.6. The molecule has 2 N–H and O–H groups in total. The second-order valence-electron chi connectivity index (χ2n) is 5.04. The summed E-state index contributed by atoms with van der Waals surface area (Å²) >= 11 is 0. The first-order valence-electron chi connectivity index (χ1n) is 6.56. The van der Waals surface area contributed by atoms with Crippen molar-refractivity contribution in [3.05, 3.63) is 30.1 Å². The molecule has 0 spiro atoms. The predicted octanol–water partition coefficient (Wildman–Crippen LogP) is 1.30. The maximum atomic E-state index is 12.1. The zero-order valence-electron chi connectivity index (χ0n) is 11.2. The molecule has 3 rings (SSSR count). The molecule has 2 heterocycles. The van der Waals surface area contributed by atoms with E-state index in [0.29, 0.717) is 11.4 Å². The van der Waals surface area contributed by atoms with Gasteiger partial charge in [0.1, 0.15) is 5.82 Å². The quantitative estimate of drug-likeness (QED) is 0.856. The van der Waals surface area contributed by atoms with Crippen LogP contribution in [0.1, 0.15) is 23.2 Å². The van der Waals surface area contributed by atoms with E-state index in [4.69, 9.17) is 0 Å². The van der Waals surface area contributed by atoms with Gasteiger partial charge in [0.25, 0.3) is 5.91 Å². The van der Waals surface area contributed by atoms with Crippen molar-refractivity contribution in [3.63, 3.8) is 0 Å². The van der Waals surface area contributed by atoms with Gasteiger partial charge in [-0.15, -0.1) is 5.10 Å². The average Bonchev–Trinajstić information content (AvgIpc) is 3.12. The first-order valence-corrected chi connectivity index (χ1v) is 6.56. The third-order valence-electron chi connectivity index (χ3n) is 3.28. The summed E-state index contributed by atoms with van der Waals surface area (Å²) in [5.74, 6) is 1.76. The Hall–Kier alpha value is -2.44. The number of hydrogen-bond acceptors (Lipinski definition) is 5. The van der Waals surface area contributed by atoms with Crippen molar-refractivity contribution in [1.82, 2.24) is 20.4 Å². The number of pyridine rings is 1. The molecular weight excluding hydrogens is 256 g/mol. The number of carbonyl (C=O) groups excluding carboxylic acids is 1. The number of aromatic nitrogens is 4. The SMILES string of the molecule is CN(CC1CC1)c1cc(C(=O)Nc2cn[nH]n2)ccn1. The van der Waals surface area contributed by atoms with Crippen molar-refractivity contribution < 1.29 is 4.79 Å². The van der Waals surface area contributed by atoms with Crippen LogP contribution in [0.5, 0.6) is 0 Å². The molecule has 20 heavy (non-hydrogen) atoms. The van der Waals surface area contributed by atoms with Gasteiger partial charge in [0, 0.05) is 25.4 Å². The number of hydrogen-bond donors (Lipinski definition) is 2. The van der Waals surface area contributed by atoms with Crippen molar-refractivity contribution in [2.45, 2.75) is 12.8 Å². The fourth-order valence-corrected chi connectivity index (χ4v) is 2.00. The van der Waals surface area contributed by atoms with E-state index in [2.05, 4.69) is 30.6 Å². The van der Waals surface area contributed by atoms with Gasteiger partial charge in [-0.2, -0.15) is 10.3 Å². The Morgan fingerprint density at radius 3 is 3.10 bits per heavy atom. The minimum absolute atomic E-state index is 0.220. The highest BCUT2D eigenvalue weighted by molar-refractivity contribution is 6.04. The summed E-state index contributed by atoms with van der Waals surface area (Å²) < 4.78 is 0. The number of nitrogens with zero attached hydrogens (tertiary/aromatic N) is 4. The first-order chi connectivity index (χ1) is 9.72. The zero-order valence-corrected chi connectivity index (χ0v) is 11.2. The maximum absolute atomic E-state index is 12.1. The van der Waals surface area contributed by atoms with E-state index in [9.17, 15) is 4.79 Å². The molecule has 104 valence electrons. The average molecular weight is 272 g/mol.